The van der Waals surface area contributed by atoms with Crippen molar-refractivity contribution in [2.45, 2.75) is 26.3 Å². The molecule has 90 valence electrons. The monoisotopic (exact) mass is 230 g/mol. The number of hydrogen-bond donors (Lipinski definition) is 2. The molecule has 17 heavy (non-hydrogen) atoms. The first kappa shape index (κ1) is 11.8. The quantitative estimate of drug-likeness (QED) is 0.848. The summed E-state index contributed by atoms with van der Waals surface area (Å²) in [4.78, 5) is 11.6. The van der Waals surface area contributed by atoms with Gasteiger partial charge in [0.05, 0.1) is 17.9 Å². The lowest BCUT2D eigenvalue weighted by molar-refractivity contribution is 0.441. The van der Waals surface area contributed by atoms with Crippen LogP contribution in [0.25, 0.3) is 11.3 Å². The zero-order chi connectivity index (χ0) is 12.3. The summed E-state index contributed by atoms with van der Waals surface area (Å²) in [6, 6.07) is 3.87. The molecule has 0 saturated carbocycles. The van der Waals surface area contributed by atoms with Crippen molar-refractivity contribution in [1.29, 1.82) is 0 Å². The molecule has 0 amide bonds. The molecule has 2 heterocycles. The number of nitrogens with two attached hydrogens (primary N) is 1. The normalized spacial score (nSPS) is 14.5. The van der Waals surface area contributed by atoms with Crippen LogP contribution >= 0.6 is 0 Å². The highest BCUT2D eigenvalue weighted by atomic mass is 15.0. The average molecular weight is 230 g/mol. The molecule has 2 unspecified atom stereocenters. The lowest BCUT2D eigenvalue weighted by Gasteiger charge is -2.15. The van der Waals surface area contributed by atoms with Crippen molar-refractivity contribution in [2.75, 3.05) is 0 Å². The van der Waals surface area contributed by atoms with Gasteiger partial charge >= 0.3 is 0 Å². The Kier molecular flexibility index (Phi) is 3.54. The molecule has 0 fully saturated rings. The van der Waals surface area contributed by atoms with Crippen LogP contribution in [0.3, 0.4) is 0 Å². The van der Waals surface area contributed by atoms with E-state index in [1.165, 1.54) is 0 Å². The number of imidazole rings is 1. The summed E-state index contributed by atoms with van der Waals surface area (Å²) in [6.07, 6.45) is 6.41. The molecule has 0 aliphatic carbocycles. The van der Waals surface area contributed by atoms with E-state index in [0.29, 0.717) is 5.92 Å². The largest absolute Gasteiger partial charge is 0.341 e. The Morgan fingerprint density at radius 1 is 1.35 bits per heavy atom. The third-order valence-corrected chi connectivity index (χ3v) is 3.16. The maximum Gasteiger partial charge on any atom is 0.123 e. The van der Waals surface area contributed by atoms with Gasteiger partial charge in [-0.15, -0.1) is 0 Å². The van der Waals surface area contributed by atoms with Gasteiger partial charge < -0.3 is 10.7 Å². The predicted octanol–water partition coefficient (Wildman–Crippen LogP) is 2.52. The van der Waals surface area contributed by atoms with Crippen LogP contribution in [0.1, 0.15) is 32.1 Å². The Morgan fingerprint density at radius 3 is 2.71 bits per heavy atom. The molecule has 2 atom stereocenters. The van der Waals surface area contributed by atoms with Gasteiger partial charge in [-0.05, 0) is 18.1 Å². The van der Waals surface area contributed by atoms with Gasteiger partial charge in [0.15, 0.2) is 0 Å². The van der Waals surface area contributed by atoms with Crippen LogP contribution in [-0.2, 0) is 0 Å². The molecule has 0 aliphatic rings. The van der Waals surface area contributed by atoms with Crippen molar-refractivity contribution in [1.82, 2.24) is 15.0 Å². The summed E-state index contributed by atoms with van der Waals surface area (Å²) in [6.45, 7) is 4.27. The molecule has 0 saturated heterocycles. The zero-order valence-corrected chi connectivity index (χ0v) is 10.2. The molecule has 2 aromatic rings. The highest BCUT2D eigenvalue weighted by Crippen LogP contribution is 2.22. The standard InChI is InChI=1S/C13H18N4/c1-3-9(2)12(14)13-16-8-11(17-13)10-4-6-15-7-5-10/h4-9,12H,3,14H2,1-2H3,(H,16,17). The summed E-state index contributed by atoms with van der Waals surface area (Å²) < 4.78 is 0. The van der Waals surface area contributed by atoms with Crippen molar-refractivity contribution in [3.05, 3.63) is 36.5 Å². The van der Waals surface area contributed by atoms with Crippen molar-refractivity contribution in [3.63, 3.8) is 0 Å². The molecule has 0 bridgehead atoms. The number of H-pyrrole nitrogens is 1. The molecule has 4 heteroatoms. The Hall–Kier alpha value is -1.68. The van der Waals surface area contributed by atoms with Gasteiger partial charge in [-0.25, -0.2) is 4.98 Å². The SMILES string of the molecule is CCC(C)C(N)c1ncc(-c2ccncc2)[nH]1. The lowest BCUT2D eigenvalue weighted by atomic mass is 10.00. The highest BCUT2D eigenvalue weighted by molar-refractivity contribution is 5.57. The molecule has 0 radical (unpaired) electrons. The van der Waals surface area contributed by atoms with E-state index < -0.39 is 0 Å². The number of nitrogens with one attached hydrogen (secondary N) is 1. The van der Waals surface area contributed by atoms with E-state index in [1.807, 2.05) is 18.3 Å². The summed E-state index contributed by atoms with van der Waals surface area (Å²) in [5, 5.41) is 0. The smallest absolute Gasteiger partial charge is 0.123 e. The van der Waals surface area contributed by atoms with Crippen LogP contribution in [0.5, 0.6) is 0 Å². The molecule has 0 aromatic carbocycles. The molecule has 0 spiro atoms. The molecular formula is C13H18N4. The Morgan fingerprint density at radius 2 is 2.06 bits per heavy atom. The molecule has 2 aromatic heterocycles. The molecule has 3 N–H and O–H groups in total. The first-order chi connectivity index (χ1) is 8.22. The fourth-order valence-electron chi connectivity index (χ4n) is 1.71. The van der Waals surface area contributed by atoms with Crippen LogP contribution in [0, 0.1) is 5.92 Å². The summed E-state index contributed by atoms with van der Waals surface area (Å²) in [5.41, 5.74) is 8.20. The molecule has 2 rings (SSSR count). The van der Waals surface area contributed by atoms with Gasteiger partial charge in [0.25, 0.3) is 0 Å². The first-order valence-corrected chi connectivity index (χ1v) is 5.93. The minimum Gasteiger partial charge on any atom is -0.341 e. The number of rotatable bonds is 4. The first-order valence-electron chi connectivity index (χ1n) is 5.93. The van der Waals surface area contributed by atoms with Crippen LogP contribution in [0.2, 0.25) is 0 Å². The molecular weight excluding hydrogens is 212 g/mol. The van der Waals surface area contributed by atoms with Crippen molar-refractivity contribution in [2.24, 2.45) is 11.7 Å². The number of pyridine rings is 1. The van der Waals surface area contributed by atoms with E-state index in [9.17, 15) is 0 Å². The third-order valence-electron chi connectivity index (χ3n) is 3.16. The van der Waals surface area contributed by atoms with E-state index in [4.69, 9.17) is 5.73 Å². The van der Waals surface area contributed by atoms with Crippen LogP contribution in [0.15, 0.2) is 30.7 Å². The van der Waals surface area contributed by atoms with E-state index in [2.05, 4.69) is 28.8 Å². The zero-order valence-electron chi connectivity index (χ0n) is 10.2. The maximum atomic E-state index is 6.13. The second-order valence-corrected chi connectivity index (χ2v) is 4.33. The number of hydrogen-bond acceptors (Lipinski definition) is 3. The van der Waals surface area contributed by atoms with Gasteiger partial charge in [0, 0.05) is 18.0 Å². The molecule has 4 nitrogen and oxygen atoms in total. The predicted molar refractivity (Wildman–Crippen MR) is 68.2 cm³/mol. The Labute approximate surface area is 101 Å². The van der Waals surface area contributed by atoms with Crippen molar-refractivity contribution in [3.8, 4) is 11.3 Å². The number of aromatic nitrogens is 3. The van der Waals surface area contributed by atoms with Crippen molar-refractivity contribution >= 4 is 0 Å². The third kappa shape index (κ3) is 2.53. The minimum atomic E-state index is -0.0319. The van der Waals surface area contributed by atoms with Crippen molar-refractivity contribution < 1.29 is 0 Å². The fraction of sp³-hybridized carbons (Fsp3) is 0.385. The second-order valence-electron chi connectivity index (χ2n) is 4.33. The highest BCUT2D eigenvalue weighted by Gasteiger charge is 2.16. The van der Waals surface area contributed by atoms with Crippen LogP contribution in [0.4, 0.5) is 0 Å². The van der Waals surface area contributed by atoms with Crippen LogP contribution < -0.4 is 5.73 Å². The lowest BCUT2D eigenvalue weighted by Crippen LogP contribution is -2.19. The van der Waals surface area contributed by atoms with Gasteiger partial charge in [0.1, 0.15) is 5.82 Å². The summed E-state index contributed by atoms with van der Waals surface area (Å²) in [7, 11) is 0. The van der Waals surface area contributed by atoms with Gasteiger partial charge in [0.2, 0.25) is 0 Å². The van der Waals surface area contributed by atoms with E-state index in [0.717, 1.165) is 23.5 Å². The molecule has 0 aliphatic heterocycles. The minimum absolute atomic E-state index is 0.0319. The number of nitrogens with zero attached hydrogens (tertiary/aromatic N) is 2. The second kappa shape index (κ2) is 5.10. The fourth-order valence-corrected chi connectivity index (χ4v) is 1.71. The topological polar surface area (TPSA) is 67.6 Å². The Balaban J connectivity index is 2.22. The summed E-state index contributed by atoms with van der Waals surface area (Å²) >= 11 is 0. The average Bonchev–Trinajstić information content (AvgIpc) is 2.87. The van der Waals surface area contributed by atoms with Crippen LogP contribution in [-0.4, -0.2) is 15.0 Å². The van der Waals surface area contributed by atoms with E-state index in [-0.39, 0.29) is 6.04 Å². The number of aromatic amines is 1. The Bertz CT molecular complexity index is 463. The summed E-state index contributed by atoms with van der Waals surface area (Å²) in [5.74, 6) is 1.28. The van der Waals surface area contributed by atoms with E-state index >= 15 is 0 Å². The van der Waals surface area contributed by atoms with E-state index in [1.54, 1.807) is 12.4 Å². The van der Waals surface area contributed by atoms with Gasteiger partial charge in [-0.1, -0.05) is 20.3 Å². The maximum absolute atomic E-state index is 6.13. The van der Waals surface area contributed by atoms with Gasteiger partial charge in [-0.2, -0.15) is 0 Å². The van der Waals surface area contributed by atoms with Gasteiger partial charge in [-0.3, -0.25) is 4.98 Å².